The van der Waals surface area contributed by atoms with Gasteiger partial charge in [0.25, 0.3) is 0 Å². The minimum Gasteiger partial charge on any atom is -0.371 e. The third-order valence-electron chi connectivity index (χ3n) is 4.29. The second-order valence-corrected chi connectivity index (χ2v) is 8.43. The quantitative estimate of drug-likeness (QED) is 0.902. The standard InChI is InChI=1S/C17H27NO3S/c1-13(2)21-17(4)12-6-5-7-16(17)18-22(19,20)15-10-8-14(3)9-11-15/h8-11,13,16,18H,5-7,12H2,1-4H3/t16-,17-/m0/s1. The van der Waals surface area contributed by atoms with E-state index in [0.29, 0.717) is 4.90 Å². The summed E-state index contributed by atoms with van der Waals surface area (Å²) >= 11 is 0. The molecule has 1 aliphatic carbocycles. The Kier molecular flexibility index (Phi) is 5.30. The van der Waals surface area contributed by atoms with E-state index in [9.17, 15) is 8.42 Å². The first-order valence-electron chi connectivity index (χ1n) is 8.00. The van der Waals surface area contributed by atoms with Gasteiger partial charge in [-0.05, 0) is 52.7 Å². The van der Waals surface area contributed by atoms with Crippen LogP contribution in [0.3, 0.4) is 0 Å². The van der Waals surface area contributed by atoms with Crippen molar-refractivity contribution in [3.05, 3.63) is 29.8 Å². The molecule has 4 nitrogen and oxygen atoms in total. The number of hydrogen-bond donors (Lipinski definition) is 1. The first-order chi connectivity index (χ1) is 10.2. The summed E-state index contributed by atoms with van der Waals surface area (Å²) in [5, 5.41) is 0. The van der Waals surface area contributed by atoms with Gasteiger partial charge >= 0.3 is 0 Å². The van der Waals surface area contributed by atoms with E-state index in [0.717, 1.165) is 31.2 Å². The Hall–Kier alpha value is -0.910. The summed E-state index contributed by atoms with van der Waals surface area (Å²) < 4.78 is 34.2. The normalized spacial score (nSPS) is 26.3. The van der Waals surface area contributed by atoms with Crippen molar-refractivity contribution in [2.75, 3.05) is 0 Å². The van der Waals surface area contributed by atoms with Crippen molar-refractivity contribution in [3.8, 4) is 0 Å². The molecular weight excluding hydrogens is 298 g/mol. The van der Waals surface area contributed by atoms with Crippen LogP contribution in [0.1, 0.15) is 52.0 Å². The molecule has 1 fully saturated rings. The highest BCUT2D eigenvalue weighted by Gasteiger charge is 2.40. The molecule has 1 aliphatic rings. The van der Waals surface area contributed by atoms with E-state index in [1.165, 1.54) is 0 Å². The van der Waals surface area contributed by atoms with Crippen LogP contribution in [0.4, 0.5) is 0 Å². The summed E-state index contributed by atoms with van der Waals surface area (Å²) in [5.41, 5.74) is 0.606. The van der Waals surface area contributed by atoms with Gasteiger partial charge < -0.3 is 4.74 Å². The van der Waals surface area contributed by atoms with Crippen LogP contribution in [0.5, 0.6) is 0 Å². The maximum Gasteiger partial charge on any atom is 0.240 e. The summed E-state index contributed by atoms with van der Waals surface area (Å²) in [4.78, 5) is 0.315. The van der Waals surface area contributed by atoms with Crippen molar-refractivity contribution in [3.63, 3.8) is 0 Å². The Morgan fingerprint density at radius 1 is 1.23 bits per heavy atom. The summed E-state index contributed by atoms with van der Waals surface area (Å²) in [6.45, 7) is 7.95. The lowest BCUT2D eigenvalue weighted by Gasteiger charge is -2.42. The smallest absolute Gasteiger partial charge is 0.240 e. The molecule has 0 radical (unpaired) electrons. The first-order valence-corrected chi connectivity index (χ1v) is 9.48. The average molecular weight is 325 g/mol. The molecule has 0 saturated heterocycles. The summed E-state index contributed by atoms with van der Waals surface area (Å²) in [6, 6.07) is 6.76. The van der Waals surface area contributed by atoms with Crippen molar-refractivity contribution < 1.29 is 13.2 Å². The Morgan fingerprint density at radius 3 is 2.45 bits per heavy atom. The molecule has 1 N–H and O–H groups in total. The van der Waals surface area contributed by atoms with Gasteiger partial charge in [0.2, 0.25) is 10.0 Å². The zero-order valence-corrected chi connectivity index (χ0v) is 14.7. The lowest BCUT2D eigenvalue weighted by Crippen LogP contribution is -2.55. The predicted octanol–water partition coefficient (Wildman–Crippen LogP) is 3.40. The van der Waals surface area contributed by atoms with Gasteiger partial charge in [-0.3, -0.25) is 0 Å². The molecule has 0 unspecified atom stereocenters. The second kappa shape index (κ2) is 6.69. The summed E-state index contributed by atoms with van der Waals surface area (Å²) in [7, 11) is -3.51. The van der Waals surface area contributed by atoms with Gasteiger partial charge in [-0.15, -0.1) is 0 Å². The van der Waals surface area contributed by atoms with Crippen LogP contribution in [0, 0.1) is 6.92 Å². The van der Waals surface area contributed by atoms with Crippen LogP contribution in [-0.2, 0) is 14.8 Å². The minimum atomic E-state index is -3.51. The maximum absolute atomic E-state index is 12.6. The largest absolute Gasteiger partial charge is 0.371 e. The fourth-order valence-corrected chi connectivity index (χ4v) is 4.51. The highest BCUT2D eigenvalue weighted by Crippen LogP contribution is 2.33. The molecule has 124 valence electrons. The van der Waals surface area contributed by atoms with Crippen LogP contribution in [-0.4, -0.2) is 26.2 Å². The molecule has 0 bridgehead atoms. The Labute approximate surface area is 134 Å². The molecule has 0 aliphatic heterocycles. The molecule has 2 rings (SSSR count). The van der Waals surface area contributed by atoms with Gasteiger partial charge in [0.15, 0.2) is 0 Å². The number of hydrogen-bond acceptors (Lipinski definition) is 3. The minimum absolute atomic E-state index is 0.0782. The molecule has 0 spiro atoms. The van der Waals surface area contributed by atoms with Gasteiger partial charge in [-0.25, -0.2) is 13.1 Å². The monoisotopic (exact) mass is 325 g/mol. The third-order valence-corrected chi connectivity index (χ3v) is 5.77. The van der Waals surface area contributed by atoms with Gasteiger partial charge in [0, 0.05) is 0 Å². The van der Waals surface area contributed by atoms with E-state index in [2.05, 4.69) is 4.72 Å². The Morgan fingerprint density at radius 2 is 1.86 bits per heavy atom. The molecule has 0 aromatic heterocycles. The van der Waals surface area contributed by atoms with Crippen LogP contribution < -0.4 is 4.72 Å². The summed E-state index contributed by atoms with van der Waals surface area (Å²) in [6.07, 6.45) is 3.87. The molecule has 2 atom stereocenters. The van der Waals surface area contributed by atoms with Gasteiger partial charge in [-0.2, -0.15) is 0 Å². The number of ether oxygens (including phenoxy) is 1. The van der Waals surface area contributed by atoms with Crippen LogP contribution in [0.15, 0.2) is 29.2 Å². The Bertz CT molecular complexity index is 595. The Balaban J connectivity index is 2.20. The van der Waals surface area contributed by atoms with Gasteiger partial charge in [-0.1, -0.05) is 30.5 Å². The maximum atomic E-state index is 12.6. The molecule has 1 aromatic rings. The van der Waals surface area contributed by atoms with E-state index in [1.807, 2.05) is 39.8 Å². The van der Waals surface area contributed by atoms with Crippen LogP contribution >= 0.6 is 0 Å². The topological polar surface area (TPSA) is 55.4 Å². The molecule has 5 heteroatoms. The zero-order valence-electron chi connectivity index (χ0n) is 13.9. The molecule has 1 aromatic carbocycles. The van der Waals surface area contributed by atoms with Crippen molar-refractivity contribution in [2.24, 2.45) is 0 Å². The van der Waals surface area contributed by atoms with Gasteiger partial charge in [0.1, 0.15) is 0 Å². The second-order valence-electron chi connectivity index (χ2n) is 6.71. The summed E-state index contributed by atoms with van der Waals surface area (Å²) in [5.74, 6) is 0. The fourth-order valence-electron chi connectivity index (χ4n) is 3.14. The number of sulfonamides is 1. The number of aryl methyl sites for hydroxylation is 1. The van der Waals surface area contributed by atoms with E-state index in [4.69, 9.17) is 4.74 Å². The zero-order chi connectivity index (χ0) is 16.4. The van der Waals surface area contributed by atoms with Crippen molar-refractivity contribution >= 4 is 10.0 Å². The van der Waals surface area contributed by atoms with Crippen LogP contribution in [0.25, 0.3) is 0 Å². The van der Waals surface area contributed by atoms with E-state index in [1.54, 1.807) is 12.1 Å². The third kappa shape index (κ3) is 4.09. The average Bonchev–Trinajstić information content (AvgIpc) is 2.41. The number of benzene rings is 1. The molecule has 1 saturated carbocycles. The van der Waals surface area contributed by atoms with Crippen LogP contribution in [0.2, 0.25) is 0 Å². The lowest BCUT2D eigenvalue weighted by atomic mass is 9.82. The first kappa shape index (κ1) is 17.4. The van der Waals surface area contributed by atoms with E-state index in [-0.39, 0.29) is 12.1 Å². The lowest BCUT2D eigenvalue weighted by molar-refractivity contribution is -0.103. The highest BCUT2D eigenvalue weighted by atomic mass is 32.2. The van der Waals surface area contributed by atoms with E-state index < -0.39 is 15.6 Å². The molecule has 0 heterocycles. The molecular formula is C17H27NO3S. The fraction of sp³-hybridized carbons (Fsp3) is 0.647. The van der Waals surface area contributed by atoms with Crippen molar-refractivity contribution in [2.45, 2.75) is 76.0 Å². The highest BCUT2D eigenvalue weighted by molar-refractivity contribution is 7.89. The predicted molar refractivity (Wildman–Crippen MR) is 88.4 cm³/mol. The molecule has 0 amide bonds. The number of rotatable bonds is 5. The van der Waals surface area contributed by atoms with E-state index >= 15 is 0 Å². The number of nitrogens with one attached hydrogen (secondary N) is 1. The van der Waals surface area contributed by atoms with Crippen molar-refractivity contribution in [1.29, 1.82) is 0 Å². The van der Waals surface area contributed by atoms with Crippen molar-refractivity contribution in [1.82, 2.24) is 4.72 Å². The SMILES string of the molecule is Cc1ccc(S(=O)(=O)N[C@H]2CCCC[C@]2(C)OC(C)C)cc1. The molecule has 22 heavy (non-hydrogen) atoms. The van der Waals surface area contributed by atoms with Gasteiger partial charge in [0.05, 0.1) is 22.6 Å².